The Morgan fingerprint density at radius 3 is 2.14 bits per heavy atom. The molecular weight excluding hydrogens is 278 g/mol. The lowest BCUT2D eigenvalue weighted by atomic mass is 10.1. The van der Waals surface area contributed by atoms with Gasteiger partial charge in [0.15, 0.2) is 0 Å². The number of unbranched alkanes of at least 4 members (excludes halogenated alkanes) is 7. The number of para-hydroxylation sites is 1. The second-order valence-electron chi connectivity index (χ2n) is 5.41. The van der Waals surface area contributed by atoms with E-state index in [1.807, 2.05) is 30.3 Å². The molecule has 0 fully saturated rings. The molecule has 0 saturated heterocycles. The first kappa shape index (κ1) is 18.5. The fourth-order valence-corrected chi connectivity index (χ4v) is 2.27. The molecule has 0 saturated carbocycles. The van der Waals surface area contributed by atoms with Gasteiger partial charge in [-0.15, -0.1) is 0 Å². The number of carbonyl (C=O) groups is 1. The fraction of sp³-hybridized carbons (Fsp3) is 0.611. The monoisotopic (exact) mass is 307 g/mol. The highest BCUT2D eigenvalue weighted by Crippen LogP contribution is 2.15. The predicted molar refractivity (Wildman–Crippen MR) is 89.9 cm³/mol. The summed E-state index contributed by atoms with van der Waals surface area (Å²) in [4.78, 5) is 17.3. The Hall–Kier alpha value is -1.55. The van der Waals surface area contributed by atoms with Crippen molar-refractivity contribution >= 4 is 11.8 Å². The van der Waals surface area contributed by atoms with Gasteiger partial charge < -0.3 is 4.74 Å². The van der Waals surface area contributed by atoms with E-state index in [1.165, 1.54) is 50.7 Å². The average Bonchev–Trinajstić information content (AvgIpc) is 2.57. The van der Waals surface area contributed by atoms with Crippen molar-refractivity contribution in [3.63, 3.8) is 0 Å². The number of anilines is 1. The fourth-order valence-electron chi connectivity index (χ4n) is 2.27. The van der Waals surface area contributed by atoms with Crippen LogP contribution in [0.15, 0.2) is 30.3 Å². The number of hydrogen-bond donors (Lipinski definition) is 0. The van der Waals surface area contributed by atoms with E-state index >= 15 is 0 Å². The van der Waals surface area contributed by atoms with E-state index in [2.05, 4.69) is 6.92 Å². The van der Waals surface area contributed by atoms with Gasteiger partial charge in [-0.05, 0) is 18.6 Å². The minimum absolute atomic E-state index is 0.495. The molecule has 0 spiro atoms. The number of rotatable bonds is 11. The molecule has 0 unspecified atom stereocenters. The summed E-state index contributed by atoms with van der Waals surface area (Å²) < 4.78 is 4.76. The zero-order valence-corrected chi connectivity index (χ0v) is 13.9. The maximum atomic E-state index is 11.8. The lowest BCUT2D eigenvalue weighted by molar-refractivity contribution is 0.0830. The Morgan fingerprint density at radius 2 is 1.55 bits per heavy atom. The summed E-state index contributed by atoms with van der Waals surface area (Å²) in [5, 5.41) is 1.22. The highest BCUT2D eigenvalue weighted by atomic mass is 16.7. The molecule has 22 heavy (non-hydrogen) atoms. The van der Waals surface area contributed by atoms with E-state index in [9.17, 15) is 4.79 Å². The minimum Gasteiger partial charge on any atom is -0.451 e. The first-order chi connectivity index (χ1) is 10.8. The third-order valence-corrected chi connectivity index (χ3v) is 3.55. The summed E-state index contributed by atoms with van der Waals surface area (Å²) in [6.07, 6.45) is 9.42. The third kappa shape index (κ3) is 7.46. The number of nitrogens with zero attached hydrogens (tertiary/aromatic N) is 1. The van der Waals surface area contributed by atoms with Gasteiger partial charge in [-0.3, -0.25) is 4.84 Å². The zero-order valence-electron chi connectivity index (χ0n) is 13.9. The highest BCUT2D eigenvalue weighted by molar-refractivity contribution is 5.85. The van der Waals surface area contributed by atoms with Crippen LogP contribution in [0, 0.1) is 0 Å². The largest absolute Gasteiger partial charge is 0.451 e. The van der Waals surface area contributed by atoms with Crippen LogP contribution in [0.3, 0.4) is 0 Å². The summed E-state index contributed by atoms with van der Waals surface area (Å²) in [6, 6.07) is 9.28. The Morgan fingerprint density at radius 1 is 0.955 bits per heavy atom. The molecule has 4 nitrogen and oxygen atoms in total. The van der Waals surface area contributed by atoms with Crippen LogP contribution in [0.5, 0.6) is 0 Å². The van der Waals surface area contributed by atoms with E-state index in [0.717, 1.165) is 12.8 Å². The van der Waals surface area contributed by atoms with Crippen molar-refractivity contribution in [3.8, 4) is 0 Å². The topological polar surface area (TPSA) is 38.8 Å². The molecule has 1 rings (SSSR count). The molecular formula is C18H29NO3. The molecule has 0 N–H and O–H groups in total. The maximum Gasteiger partial charge on any atom is 0.438 e. The number of hydrogen-bond acceptors (Lipinski definition) is 3. The van der Waals surface area contributed by atoms with E-state index < -0.39 is 6.09 Å². The van der Waals surface area contributed by atoms with Crippen LogP contribution in [0.2, 0.25) is 0 Å². The molecule has 0 aliphatic rings. The average molecular weight is 307 g/mol. The lowest BCUT2D eigenvalue weighted by Crippen LogP contribution is -2.31. The SMILES string of the molecule is CCCCCCCCCCON(C(=O)OC)c1ccccc1. The van der Waals surface area contributed by atoms with Gasteiger partial charge in [-0.25, -0.2) is 4.79 Å². The van der Waals surface area contributed by atoms with E-state index in [-0.39, 0.29) is 0 Å². The first-order valence-electron chi connectivity index (χ1n) is 8.35. The molecule has 1 amide bonds. The minimum atomic E-state index is -0.495. The van der Waals surface area contributed by atoms with Crippen molar-refractivity contribution in [1.82, 2.24) is 0 Å². The van der Waals surface area contributed by atoms with Gasteiger partial charge in [0.1, 0.15) is 0 Å². The molecule has 0 aliphatic carbocycles. The summed E-state index contributed by atoms with van der Waals surface area (Å²) in [7, 11) is 1.36. The van der Waals surface area contributed by atoms with Crippen molar-refractivity contribution < 1.29 is 14.4 Å². The van der Waals surface area contributed by atoms with Gasteiger partial charge in [0.2, 0.25) is 0 Å². The van der Waals surface area contributed by atoms with Crippen molar-refractivity contribution in [2.24, 2.45) is 0 Å². The van der Waals surface area contributed by atoms with Crippen LogP contribution in [0.25, 0.3) is 0 Å². The summed E-state index contributed by atoms with van der Waals surface area (Å²) >= 11 is 0. The van der Waals surface area contributed by atoms with Gasteiger partial charge in [-0.2, -0.15) is 5.06 Å². The summed E-state index contributed by atoms with van der Waals surface area (Å²) in [5.74, 6) is 0. The van der Waals surface area contributed by atoms with Crippen LogP contribution >= 0.6 is 0 Å². The number of amides is 1. The standard InChI is InChI=1S/C18H29NO3/c1-3-4-5-6-7-8-9-13-16-22-19(18(20)21-2)17-14-11-10-12-15-17/h10-12,14-15H,3-9,13,16H2,1-2H3. The molecule has 0 bridgehead atoms. The van der Waals surface area contributed by atoms with Gasteiger partial charge in [0.25, 0.3) is 0 Å². The molecule has 0 heterocycles. The molecule has 0 atom stereocenters. The van der Waals surface area contributed by atoms with Gasteiger partial charge in [0.05, 0.1) is 19.4 Å². The normalized spacial score (nSPS) is 10.5. The highest BCUT2D eigenvalue weighted by Gasteiger charge is 2.16. The van der Waals surface area contributed by atoms with E-state index in [0.29, 0.717) is 12.3 Å². The van der Waals surface area contributed by atoms with Crippen LogP contribution < -0.4 is 5.06 Å². The van der Waals surface area contributed by atoms with Crippen LogP contribution in [-0.2, 0) is 9.57 Å². The molecule has 1 aromatic carbocycles. The van der Waals surface area contributed by atoms with Crippen molar-refractivity contribution in [1.29, 1.82) is 0 Å². The van der Waals surface area contributed by atoms with Crippen LogP contribution in [0.1, 0.15) is 58.3 Å². The second kappa shape index (κ2) is 12.0. The van der Waals surface area contributed by atoms with Crippen LogP contribution in [-0.4, -0.2) is 19.8 Å². The number of benzene rings is 1. The van der Waals surface area contributed by atoms with Crippen molar-refractivity contribution in [2.75, 3.05) is 18.8 Å². The molecule has 0 aromatic heterocycles. The third-order valence-electron chi connectivity index (χ3n) is 3.55. The number of carbonyl (C=O) groups excluding carboxylic acids is 1. The molecule has 0 aliphatic heterocycles. The molecule has 124 valence electrons. The predicted octanol–water partition coefficient (Wildman–Crippen LogP) is 5.33. The quantitative estimate of drug-likeness (QED) is 0.409. The number of ether oxygens (including phenoxy) is 1. The first-order valence-corrected chi connectivity index (χ1v) is 8.35. The van der Waals surface area contributed by atoms with Crippen LogP contribution in [0.4, 0.5) is 10.5 Å². The lowest BCUT2D eigenvalue weighted by Gasteiger charge is -2.20. The summed E-state index contributed by atoms with van der Waals surface area (Å²) in [5.41, 5.74) is 0.689. The Bertz CT molecular complexity index is 395. The van der Waals surface area contributed by atoms with E-state index in [1.54, 1.807) is 0 Å². The molecule has 4 heteroatoms. The van der Waals surface area contributed by atoms with Gasteiger partial charge >= 0.3 is 6.09 Å². The smallest absolute Gasteiger partial charge is 0.438 e. The summed E-state index contributed by atoms with van der Waals surface area (Å²) in [6.45, 7) is 2.76. The van der Waals surface area contributed by atoms with Crippen molar-refractivity contribution in [3.05, 3.63) is 30.3 Å². The number of hydroxylamine groups is 1. The Kier molecular flexibility index (Phi) is 10.1. The molecule has 1 aromatic rings. The van der Waals surface area contributed by atoms with Crippen molar-refractivity contribution in [2.45, 2.75) is 58.3 Å². The van der Waals surface area contributed by atoms with Gasteiger partial charge in [-0.1, -0.05) is 70.1 Å². The Labute approximate surface area is 134 Å². The zero-order chi connectivity index (χ0) is 16.0. The van der Waals surface area contributed by atoms with Gasteiger partial charge in [0, 0.05) is 0 Å². The molecule has 0 radical (unpaired) electrons. The van der Waals surface area contributed by atoms with E-state index in [4.69, 9.17) is 9.57 Å². The second-order valence-corrected chi connectivity index (χ2v) is 5.41. The number of methoxy groups -OCH3 is 1. The maximum absolute atomic E-state index is 11.8. The Balaban J connectivity index is 2.21.